The third-order valence-electron chi connectivity index (χ3n) is 3.33. The van der Waals surface area contributed by atoms with Gasteiger partial charge in [0, 0.05) is 7.05 Å². The van der Waals surface area contributed by atoms with E-state index in [0.29, 0.717) is 11.4 Å². The van der Waals surface area contributed by atoms with Gasteiger partial charge in [-0.2, -0.15) is 5.26 Å². The van der Waals surface area contributed by atoms with Crippen molar-refractivity contribution < 1.29 is 9.63 Å². The fourth-order valence-electron chi connectivity index (χ4n) is 2.18. The maximum atomic E-state index is 11.9. The van der Waals surface area contributed by atoms with Crippen LogP contribution in [0.3, 0.4) is 0 Å². The summed E-state index contributed by atoms with van der Waals surface area (Å²) in [5.41, 5.74) is 1.90. The predicted molar refractivity (Wildman–Crippen MR) is 84.7 cm³/mol. The number of hydrogen-bond donors (Lipinski definition) is 0. The first-order valence-corrected chi connectivity index (χ1v) is 6.87. The van der Waals surface area contributed by atoms with Crippen LogP contribution in [0.4, 0.5) is 0 Å². The van der Waals surface area contributed by atoms with E-state index in [1.54, 1.807) is 41.9 Å². The van der Waals surface area contributed by atoms with Gasteiger partial charge < -0.3 is 9.40 Å². The molecule has 3 rings (SSSR count). The van der Waals surface area contributed by atoms with Gasteiger partial charge in [0.1, 0.15) is 6.07 Å². The summed E-state index contributed by atoms with van der Waals surface area (Å²) in [7, 11) is 1.77. The van der Waals surface area contributed by atoms with Gasteiger partial charge in [0.05, 0.1) is 16.6 Å². The van der Waals surface area contributed by atoms with Crippen molar-refractivity contribution in [3.8, 4) is 6.07 Å². The quantitative estimate of drug-likeness (QED) is 0.423. The number of carbonyl (C=O) groups is 1. The standard InChI is InChI=1S/C17H12N4O2/c1-21-15-10-6-5-9-13(15)19-16(21)14(11-18)20-23-17(22)12-7-3-2-4-8-12/h2-10H,1H3. The van der Waals surface area contributed by atoms with Crippen LogP contribution in [0.2, 0.25) is 0 Å². The SMILES string of the molecule is Cn1c(C(C#N)=NOC(=O)c2ccccc2)nc2ccccc21. The Kier molecular flexibility index (Phi) is 3.85. The average Bonchev–Trinajstić information content (AvgIpc) is 2.93. The Morgan fingerprint density at radius 3 is 2.57 bits per heavy atom. The van der Waals surface area contributed by atoms with E-state index in [9.17, 15) is 10.1 Å². The lowest BCUT2D eigenvalue weighted by Crippen LogP contribution is -2.09. The maximum Gasteiger partial charge on any atom is 0.365 e. The smallest absolute Gasteiger partial charge is 0.325 e. The number of rotatable bonds is 3. The number of benzene rings is 2. The fourth-order valence-corrected chi connectivity index (χ4v) is 2.18. The van der Waals surface area contributed by atoms with E-state index < -0.39 is 5.97 Å². The lowest BCUT2D eigenvalue weighted by Gasteiger charge is -2.00. The molecule has 6 heteroatoms. The third-order valence-corrected chi connectivity index (χ3v) is 3.33. The fraction of sp³-hybridized carbons (Fsp3) is 0.0588. The van der Waals surface area contributed by atoms with Crippen LogP contribution < -0.4 is 0 Å². The van der Waals surface area contributed by atoms with Crippen LogP contribution in [-0.4, -0.2) is 21.2 Å². The zero-order valence-electron chi connectivity index (χ0n) is 12.3. The molecular weight excluding hydrogens is 292 g/mol. The molecule has 0 unspecified atom stereocenters. The lowest BCUT2D eigenvalue weighted by atomic mass is 10.2. The summed E-state index contributed by atoms with van der Waals surface area (Å²) in [5, 5.41) is 13.0. The first kappa shape index (κ1) is 14.5. The number of carbonyl (C=O) groups excluding carboxylic acids is 1. The Balaban J connectivity index is 1.91. The highest BCUT2D eigenvalue weighted by Gasteiger charge is 2.15. The van der Waals surface area contributed by atoms with E-state index in [1.807, 2.05) is 30.3 Å². The summed E-state index contributed by atoms with van der Waals surface area (Å²) in [6.07, 6.45) is 0. The second kappa shape index (κ2) is 6.12. The number of imidazole rings is 1. The Morgan fingerprint density at radius 1 is 1.17 bits per heavy atom. The van der Waals surface area contributed by atoms with Crippen LogP contribution in [0.15, 0.2) is 59.8 Å². The Morgan fingerprint density at radius 2 is 1.87 bits per heavy atom. The monoisotopic (exact) mass is 304 g/mol. The molecule has 0 atom stereocenters. The molecule has 0 aliphatic heterocycles. The molecule has 0 aliphatic carbocycles. The summed E-state index contributed by atoms with van der Waals surface area (Å²) in [6, 6.07) is 17.8. The molecule has 6 nitrogen and oxygen atoms in total. The Hall–Kier alpha value is -3.46. The first-order chi connectivity index (χ1) is 11.2. The van der Waals surface area contributed by atoms with Crippen molar-refractivity contribution in [1.82, 2.24) is 9.55 Å². The van der Waals surface area contributed by atoms with Gasteiger partial charge in [-0.25, -0.2) is 9.78 Å². The van der Waals surface area contributed by atoms with E-state index in [-0.39, 0.29) is 5.71 Å². The summed E-state index contributed by atoms with van der Waals surface area (Å²) < 4.78 is 1.73. The second-order valence-electron chi connectivity index (χ2n) is 4.78. The molecule has 112 valence electrons. The highest BCUT2D eigenvalue weighted by Crippen LogP contribution is 2.15. The van der Waals surface area contributed by atoms with Gasteiger partial charge in [0.25, 0.3) is 0 Å². The molecule has 0 amide bonds. The summed E-state index contributed by atoms with van der Waals surface area (Å²) in [5.74, 6) is -0.285. The molecule has 0 bridgehead atoms. The number of nitrogens with zero attached hydrogens (tertiary/aromatic N) is 4. The number of hydrogen-bond acceptors (Lipinski definition) is 5. The summed E-state index contributed by atoms with van der Waals surface area (Å²) >= 11 is 0. The van der Waals surface area contributed by atoms with E-state index in [2.05, 4.69) is 10.1 Å². The summed E-state index contributed by atoms with van der Waals surface area (Å²) in [4.78, 5) is 21.1. The van der Waals surface area contributed by atoms with Crippen molar-refractivity contribution in [2.75, 3.05) is 0 Å². The van der Waals surface area contributed by atoms with Crippen LogP contribution in [0.1, 0.15) is 16.2 Å². The highest BCUT2D eigenvalue weighted by molar-refractivity contribution is 6.10. The minimum atomic E-state index is -0.628. The van der Waals surface area contributed by atoms with Gasteiger partial charge >= 0.3 is 5.97 Å². The number of aryl methyl sites for hydroxylation is 1. The number of fused-ring (bicyclic) bond motifs is 1. The van der Waals surface area contributed by atoms with Crippen molar-refractivity contribution in [3.05, 3.63) is 66.0 Å². The molecule has 23 heavy (non-hydrogen) atoms. The second-order valence-corrected chi connectivity index (χ2v) is 4.78. The molecule has 0 radical (unpaired) electrons. The zero-order chi connectivity index (χ0) is 16.2. The molecule has 0 N–H and O–H groups in total. The largest absolute Gasteiger partial charge is 0.365 e. The molecule has 0 spiro atoms. The van der Waals surface area contributed by atoms with Crippen LogP contribution in [-0.2, 0) is 11.9 Å². The van der Waals surface area contributed by atoms with Crippen molar-refractivity contribution in [3.63, 3.8) is 0 Å². The molecule has 0 fully saturated rings. The Labute approximate surface area is 132 Å². The highest BCUT2D eigenvalue weighted by atomic mass is 16.7. The van der Waals surface area contributed by atoms with E-state index in [1.165, 1.54) is 0 Å². The molecule has 0 aliphatic rings. The number of para-hydroxylation sites is 2. The molecule has 1 aromatic heterocycles. The average molecular weight is 304 g/mol. The van der Waals surface area contributed by atoms with E-state index in [4.69, 9.17) is 4.84 Å². The topological polar surface area (TPSA) is 80.3 Å². The van der Waals surface area contributed by atoms with Crippen LogP contribution >= 0.6 is 0 Å². The van der Waals surface area contributed by atoms with Crippen molar-refractivity contribution in [1.29, 1.82) is 5.26 Å². The molecule has 0 saturated carbocycles. The van der Waals surface area contributed by atoms with Gasteiger partial charge in [0.15, 0.2) is 5.82 Å². The normalized spacial score (nSPS) is 11.2. The molecule has 2 aromatic carbocycles. The maximum absolute atomic E-state index is 11.9. The number of aromatic nitrogens is 2. The molecular formula is C17H12N4O2. The van der Waals surface area contributed by atoms with E-state index >= 15 is 0 Å². The molecule has 1 heterocycles. The van der Waals surface area contributed by atoms with Crippen LogP contribution in [0.5, 0.6) is 0 Å². The lowest BCUT2D eigenvalue weighted by molar-refractivity contribution is 0.0517. The predicted octanol–water partition coefficient (Wildman–Crippen LogP) is 2.66. The minimum Gasteiger partial charge on any atom is -0.325 e. The first-order valence-electron chi connectivity index (χ1n) is 6.87. The Bertz CT molecular complexity index is 936. The van der Waals surface area contributed by atoms with E-state index in [0.717, 1.165) is 11.0 Å². The third kappa shape index (κ3) is 2.80. The van der Waals surface area contributed by atoms with Gasteiger partial charge in [-0.1, -0.05) is 35.5 Å². The van der Waals surface area contributed by atoms with Crippen molar-refractivity contribution >= 4 is 22.7 Å². The van der Waals surface area contributed by atoms with Crippen molar-refractivity contribution in [2.24, 2.45) is 12.2 Å². The van der Waals surface area contributed by atoms with Gasteiger partial charge in [-0.3, -0.25) is 0 Å². The number of nitriles is 1. The molecule has 0 saturated heterocycles. The van der Waals surface area contributed by atoms with Crippen LogP contribution in [0, 0.1) is 11.3 Å². The number of oxime groups is 1. The zero-order valence-corrected chi connectivity index (χ0v) is 12.3. The van der Waals surface area contributed by atoms with Gasteiger partial charge in [-0.15, -0.1) is 0 Å². The van der Waals surface area contributed by atoms with Crippen LogP contribution in [0.25, 0.3) is 11.0 Å². The minimum absolute atomic E-state index is 0.0621. The van der Waals surface area contributed by atoms with Gasteiger partial charge in [-0.05, 0) is 24.3 Å². The van der Waals surface area contributed by atoms with Gasteiger partial charge in [0.2, 0.25) is 5.71 Å². The molecule has 3 aromatic rings. The van der Waals surface area contributed by atoms with Crippen molar-refractivity contribution in [2.45, 2.75) is 0 Å². The summed E-state index contributed by atoms with van der Waals surface area (Å²) in [6.45, 7) is 0.